The van der Waals surface area contributed by atoms with Gasteiger partial charge in [0.05, 0.1) is 17.9 Å². The lowest BCUT2D eigenvalue weighted by molar-refractivity contribution is -0.128. The van der Waals surface area contributed by atoms with Gasteiger partial charge in [0.2, 0.25) is 5.91 Å². The van der Waals surface area contributed by atoms with Crippen molar-refractivity contribution in [1.82, 2.24) is 16.0 Å². The van der Waals surface area contributed by atoms with Crippen LogP contribution in [0.2, 0.25) is 0 Å². The highest BCUT2D eigenvalue weighted by molar-refractivity contribution is 8.00. The summed E-state index contributed by atoms with van der Waals surface area (Å²) in [5, 5.41) is 7.31. The zero-order valence-corrected chi connectivity index (χ0v) is 17.8. The van der Waals surface area contributed by atoms with Gasteiger partial charge in [-0.25, -0.2) is 9.59 Å². The molecule has 0 aliphatic heterocycles. The van der Waals surface area contributed by atoms with Crippen LogP contribution in [0.3, 0.4) is 0 Å². The molecule has 0 spiro atoms. The molecule has 29 heavy (non-hydrogen) atoms. The van der Waals surface area contributed by atoms with E-state index in [0.29, 0.717) is 18.0 Å². The molecule has 0 aromatic heterocycles. The van der Waals surface area contributed by atoms with Crippen molar-refractivity contribution in [3.63, 3.8) is 0 Å². The maximum absolute atomic E-state index is 12.5. The predicted octanol–water partition coefficient (Wildman–Crippen LogP) is 1.32. The molecule has 0 unspecified atom stereocenters. The lowest BCUT2D eigenvalue weighted by Gasteiger charge is -2.15. The van der Waals surface area contributed by atoms with Crippen LogP contribution in [-0.2, 0) is 19.1 Å². The fourth-order valence-electron chi connectivity index (χ4n) is 2.04. The van der Waals surface area contributed by atoms with Crippen LogP contribution in [0.25, 0.3) is 0 Å². The van der Waals surface area contributed by atoms with Gasteiger partial charge in [-0.1, -0.05) is 12.1 Å². The quantitative estimate of drug-likeness (QED) is 0.293. The molecule has 0 saturated heterocycles. The van der Waals surface area contributed by atoms with E-state index >= 15 is 0 Å². The van der Waals surface area contributed by atoms with E-state index in [1.54, 1.807) is 45.2 Å². The highest BCUT2D eigenvalue weighted by Crippen LogP contribution is 2.23. The molecule has 0 saturated carbocycles. The number of benzene rings is 1. The van der Waals surface area contributed by atoms with Gasteiger partial charge in [0.25, 0.3) is 5.91 Å². The molecule has 1 aromatic carbocycles. The maximum atomic E-state index is 12.5. The second-order valence-corrected chi connectivity index (χ2v) is 7.31. The molecule has 1 aromatic rings. The van der Waals surface area contributed by atoms with Gasteiger partial charge in [0, 0.05) is 24.6 Å². The van der Waals surface area contributed by atoms with Crippen molar-refractivity contribution < 1.29 is 28.7 Å². The Labute approximate surface area is 174 Å². The molecule has 0 aliphatic carbocycles. The van der Waals surface area contributed by atoms with Gasteiger partial charge < -0.3 is 20.1 Å². The first-order valence-electron chi connectivity index (χ1n) is 9.04. The third-order valence-electron chi connectivity index (χ3n) is 3.40. The second kappa shape index (κ2) is 12.8. The number of hydrogen-bond acceptors (Lipinski definition) is 7. The zero-order chi connectivity index (χ0) is 21.8. The highest BCUT2D eigenvalue weighted by atomic mass is 32.2. The molecular weight excluding hydrogens is 398 g/mol. The number of ether oxygens (including phenoxy) is 2. The summed E-state index contributed by atoms with van der Waals surface area (Å²) >= 11 is 1.18. The van der Waals surface area contributed by atoms with Gasteiger partial charge in [-0.2, -0.15) is 0 Å². The zero-order valence-electron chi connectivity index (χ0n) is 16.9. The minimum Gasteiger partial charge on any atom is -0.449 e. The van der Waals surface area contributed by atoms with Crippen LogP contribution in [-0.4, -0.2) is 62.0 Å². The molecule has 0 bridgehead atoms. The Morgan fingerprint density at radius 1 is 1.10 bits per heavy atom. The SMILES string of the molecule is COCCNC(=O)CSc1ccccc1C(=O)O[C@H](C)C(=O)NC(=O)NC(C)C. The third kappa shape index (κ3) is 9.44. The van der Waals surface area contributed by atoms with Crippen molar-refractivity contribution in [2.75, 3.05) is 26.0 Å². The molecule has 1 rings (SSSR count). The number of esters is 1. The van der Waals surface area contributed by atoms with Crippen molar-refractivity contribution in [1.29, 1.82) is 0 Å². The van der Waals surface area contributed by atoms with Gasteiger partial charge in [-0.15, -0.1) is 11.8 Å². The van der Waals surface area contributed by atoms with E-state index < -0.39 is 24.0 Å². The second-order valence-electron chi connectivity index (χ2n) is 6.29. The van der Waals surface area contributed by atoms with Crippen LogP contribution >= 0.6 is 11.8 Å². The number of carbonyl (C=O) groups is 4. The molecule has 3 N–H and O–H groups in total. The normalized spacial score (nSPS) is 11.5. The summed E-state index contributed by atoms with van der Waals surface area (Å²) < 4.78 is 10.0. The van der Waals surface area contributed by atoms with Crippen molar-refractivity contribution in [3.8, 4) is 0 Å². The lowest BCUT2D eigenvalue weighted by atomic mass is 10.2. The van der Waals surface area contributed by atoms with E-state index in [9.17, 15) is 19.2 Å². The Kier molecular flexibility index (Phi) is 10.8. The van der Waals surface area contributed by atoms with E-state index in [1.165, 1.54) is 18.7 Å². The Bertz CT molecular complexity index is 726. The summed E-state index contributed by atoms with van der Waals surface area (Å²) in [6, 6.07) is 5.81. The maximum Gasteiger partial charge on any atom is 0.340 e. The molecule has 0 heterocycles. The highest BCUT2D eigenvalue weighted by Gasteiger charge is 2.22. The van der Waals surface area contributed by atoms with Crippen LogP contribution < -0.4 is 16.0 Å². The monoisotopic (exact) mass is 425 g/mol. The molecular formula is C19H27N3O6S. The number of nitrogens with one attached hydrogen (secondary N) is 3. The molecule has 9 nitrogen and oxygen atoms in total. The van der Waals surface area contributed by atoms with E-state index in [-0.39, 0.29) is 23.3 Å². The Morgan fingerprint density at radius 2 is 1.79 bits per heavy atom. The van der Waals surface area contributed by atoms with Crippen LogP contribution in [0.15, 0.2) is 29.2 Å². The predicted molar refractivity (Wildman–Crippen MR) is 109 cm³/mol. The first kappa shape index (κ1) is 24.4. The van der Waals surface area contributed by atoms with Gasteiger partial charge in [-0.05, 0) is 32.9 Å². The van der Waals surface area contributed by atoms with Crippen LogP contribution in [0.5, 0.6) is 0 Å². The lowest BCUT2D eigenvalue weighted by Crippen LogP contribution is -2.46. The number of urea groups is 1. The summed E-state index contributed by atoms with van der Waals surface area (Å²) in [5.74, 6) is -1.54. The summed E-state index contributed by atoms with van der Waals surface area (Å²) in [7, 11) is 1.54. The summed E-state index contributed by atoms with van der Waals surface area (Å²) in [6.45, 7) is 5.68. The Morgan fingerprint density at radius 3 is 2.45 bits per heavy atom. The summed E-state index contributed by atoms with van der Waals surface area (Å²) in [4.78, 5) is 48.4. The molecule has 0 aliphatic rings. The first-order chi connectivity index (χ1) is 13.7. The van der Waals surface area contributed by atoms with E-state index in [1.807, 2.05) is 0 Å². The standard InChI is InChI=1S/C19H27N3O6S/c1-12(2)21-19(26)22-17(24)13(3)28-18(25)14-7-5-6-8-15(14)29-11-16(23)20-9-10-27-4/h5-8,12-13H,9-11H2,1-4H3,(H,20,23)(H2,21,22,24,26)/t13-/m1/s1. The topological polar surface area (TPSA) is 123 Å². The molecule has 1 atom stereocenters. The minimum atomic E-state index is -1.17. The fraction of sp³-hybridized carbons (Fsp3) is 0.474. The van der Waals surface area contributed by atoms with Crippen molar-refractivity contribution in [2.24, 2.45) is 0 Å². The van der Waals surface area contributed by atoms with Crippen LogP contribution in [0, 0.1) is 0 Å². The van der Waals surface area contributed by atoms with Crippen molar-refractivity contribution in [2.45, 2.75) is 37.8 Å². The van der Waals surface area contributed by atoms with Crippen LogP contribution in [0.1, 0.15) is 31.1 Å². The minimum absolute atomic E-state index is 0.111. The number of carbonyl (C=O) groups excluding carboxylic acids is 4. The summed E-state index contributed by atoms with van der Waals surface area (Å²) in [6.07, 6.45) is -1.17. The van der Waals surface area contributed by atoms with Crippen molar-refractivity contribution >= 4 is 35.6 Å². The molecule has 4 amide bonds. The number of amides is 4. The number of imide groups is 1. The number of rotatable bonds is 10. The van der Waals surface area contributed by atoms with E-state index in [2.05, 4.69) is 16.0 Å². The summed E-state index contributed by atoms with van der Waals surface area (Å²) in [5.41, 5.74) is 0.230. The van der Waals surface area contributed by atoms with E-state index in [0.717, 1.165) is 0 Å². The number of thioether (sulfide) groups is 1. The van der Waals surface area contributed by atoms with Gasteiger partial charge in [0.15, 0.2) is 6.10 Å². The van der Waals surface area contributed by atoms with Gasteiger partial charge in [0.1, 0.15) is 0 Å². The molecule has 10 heteroatoms. The van der Waals surface area contributed by atoms with Crippen LogP contribution in [0.4, 0.5) is 4.79 Å². The number of methoxy groups -OCH3 is 1. The van der Waals surface area contributed by atoms with Crippen molar-refractivity contribution in [3.05, 3.63) is 29.8 Å². The average Bonchev–Trinajstić information content (AvgIpc) is 2.65. The molecule has 0 fully saturated rings. The third-order valence-corrected chi connectivity index (χ3v) is 4.48. The first-order valence-corrected chi connectivity index (χ1v) is 10.0. The average molecular weight is 426 g/mol. The number of hydrogen-bond donors (Lipinski definition) is 3. The Hall–Kier alpha value is -2.59. The Balaban J connectivity index is 2.64. The largest absolute Gasteiger partial charge is 0.449 e. The molecule has 160 valence electrons. The van der Waals surface area contributed by atoms with E-state index in [4.69, 9.17) is 9.47 Å². The fourth-order valence-corrected chi connectivity index (χ4v) is 2.91. The molecule has 0 radical (unpaired) electrons. The smallest absolute Gasteiger partial charge is 0.340 e. The van der Waals surface area contributed by atoms with Gasteiger partial charge in [-0.3, -0.25) is 14.9 Å². The van der Waals surface area contributed by atoms with Gasteiger partial charge >= 0.3 is 12.0 Å².